The van der Waals surface area contributed by atoms with E-state index in [1.54, 1.807) is 7.11 Å². The number of fused-ring (bicyclic) bond motifs is 1. The molecule has 2 aromatic rings. The van der Waals surface area contributed by atoms with Crippen molar-refractivity contribution in [3.8, 4) is 0 Å². The van der Waals surface area contributed by atoms with Gasteiger partial charge < -0.3 is 9.30 Å². The van der Waals surface area contributed by atoms with Crippen LogP contribution in [0.25, 0.3) is 11.0 Å². The molecular weight excluding hydrogens is 283 g/mol. The van der Waals surface area contributed by atoms with Gasteiger partial charge in [-0.05, 0) is 39.0 Å². The summed E-state index contributed by atoms with van der Waals surface area (Å²) in [6.45, 7) is 6.69. The number of nitrogens with zero attached hydrogens (tertiary/aromatic N) is 2. The Bertz CT molecular complexity index is 590. The lowest BCUT2D eigenvalue weighted by Crippen LogP contribution is -2.33. The van der Waals surface area contributed by atoms with Gasteiger partial charge in [0.05, 0.1) is 28.6 Å². The van der Waals surface area contributed by atoms with Crippen LogP contribution in [0.4, 0.5) is 0 Å². The van der Waals surface area contributed by atoms with Crippen LogP contribution in [0.1, 0.15) is 32.0 Å². The predicted octanol–water partition coefficient (Wildman–Crippen LogP) is 4.37. The molecule has 0 aliphatic carbocycles. The molecule has 0 aliphatic heterocycles. The molecule has 0 bridgehead atoms. The molecule has 104 valence electrons. The highest BCUT2D eigenvalue weighted by Gasteiger charge is 2.27. The number of alkyl halides is 1. The summed E-state index contributed by atoms with van der Waals surface area (Å²) in [5, 5.41) is 0.512. The van der Waals surface area contributed by atoms with Crippen molar-refractivity contribution in [3.63, 3.8) is 0 Å². The standard InChI is InChI=1S/C14H18Cl2N2O/c1-9(15)13-17-11-6-5-10(16)7-12(11)18(13)14(2,3)8-19-4/h5-7,9H,8H2,1-4H3. The fraction of sp³-hybridized carbons (Fsp3) is 0.500. The smallest absolute Gasteiger partial charge is 0.128 e. The monoisotopic (exact) mass is 300 g/mol. The minimum Gasteiger partial charge on any atom is -0.382 e. The molecule has 0 N–H and O–H groups in total. The minimum absolute atomic E-state index is 0.178. The number of hydrogen-bond acceptors (Lipinski definition) is 2. The summed E-state index contributed by atoms with van der Waals surface area (Å²) < 4.78 is 7.44. The number of halogens is 2. The first kappa shape index (κ1) is 14.6. The second-order valence-corrected chi connectivity index (χ2v) is 6.39. The summed E-state index contributed by atoms with van der Waals surface area (Å²) in [7, 11) is 1.69. The van der Waals surface area contributed by atoms with Crippen molar-refractivity contribution in [2.24, 2.45) is 0 Å². The largest absolute Gasteiger partial charge is 0.382 e. The molecule has 0 fully saturated rings. The lowest BCUT2D eigenvalue weighted by atomic mass is 10.1. The van der Waals surface area contributed by atoms with Gasteiger partial charge in [-0.25, -0.2) is 4.98 Å². The van der Waals surface area contributed by atoms with Gasteiger partial charge in [-0.3, -0.25) is 0 Å². The zero-order valence-corrected chi connectivity index (χ0v) is 13.1. The first-order valence-electron chi connectivity index (χ1n) is 6.18. The van der Waals surface area contributed by atoms with Gasteiger partial charge in [0.25, 0.3) is 0 Å². The minimum atomic E-state index is -0.243. The third-order valence-corrected chi connectivity index (χ3v) is 3.53. The van der Waals surface area contributed by atoms with Gasteiger partial charge in [0.15, 0.2) is 0 Å². The average Bonchev–Trinajstić information content (AvgIpc) is 2.68. The lowest BCUT2D eigenvalue weighted by molar-refractivity contribution is 0.110. The molecule has 1 atom stereocenters. The van der Waals surface area contributed by atoms with Gasteiger partial charge in [-0.2, -0.15) is 0 Å². The Balaban J connectivity index is 2.73. The number of benzene rings is 1. The normalized spacial score (nSPS) is 14.0. The van der Waals surface area contributed by atoms with Crippen LogP contribution in [0, 0.1) is 0 Å². The maximum absolute atomic E-state index is 6.27. The van der Waals surface area contributed by atoms with Crippen LogP contribution in [0.15, 0.2) is 18.2 Å². The molecule has 1 heterocycles. The van der Waals surface area contributed by atoms with Gasteiger partial charge in [-0.15, -0.1) is 11.6 Å². The second kappa shape index (κ2) is 5.31. The van der Waals surface area contributed by atoms with Gasteiger partial charge in [0, 0.05) is 12.1 Å². The topological polar surface area (TPSA) is 27.1 Å². The van der Waals surface area contributed by atoms with Crippen molar-refractivity contribution in [2.45, 2.75) is 31.7 Å². The maximum Gasteiger partial charge on any atom is 0.128 e. The van der Waals surface area contributed by atoms with Crippen molar-refractivity contribution in [3.05, 3.63) is 29.0 Å². The zero-order chi connectivity index (χ0) is 14.2. The van der Waals surface area contributed by atoms with Gasteiger partial charge >= 0.3 is 0 Å². The van der Waals surface area contributed by atoms with E-state index in [4.69, 9.17) is 27.9 Å². The van der Waals surface area contributed by atoms with E-state index in [1.165, 1.54) is 0 Å². The predicted molar refractivity (Wildman–Crippen MR) is 80.2 cm³/mol. The Morgan fingerprint density at radius 2 is 2.11 bits per heavy atom. The first-order valence-corrected chi connectivity index (χ1v) is 6.99. The molecule has 0 radical (unpaired) electrons. The summed E-state index contributed by atoms with van der Waals surface area (Å²) in [6.07, 6.45) is 0. The van der Waals surface area contributed by atoms with Crippen LogP contribution in [0.5, 0.6) is 0 Å². The summed E-state index contributed by atoms with van der Waals surface area (Å²) in [4.78, 5) is 4.62. The molecule has 0 amide bonds. The molecule has 0 saturated carbocycles. The average molecular weight is 301 g/mol. The molecule has 19 heavy (non-hydrogen) atoms. The van der Waals surface area contributed by atoms with Crippen LogP contribution in [-0.4, -0.2) is 23.3 Å². The number of hydrogen-bond donors (Lipinski definition) is 0. The van der Waals surface area contributed by atoms with Gasteiger partial charge in [0.2, 0.25) is 0 Å². The molecule has 0 saturated heterocycles. The Labute approximate surface area is 123 Å². The maximum atomic E-state index is 6.27. The van der Waals surface area contributed by atoms with E-state index in [2.05, 4.69) is 23.4 Å². The lowest BCUT2D eigenvalue weighted by Gasteiger charge is -2.29. The van der Waals surface area contributed by atoms with Crippen LogP contribution < -0.4 is 0 Å². The summed E-state index contributed by atoms with van der Waals surface area (Å²) in [6, 6.07) is 5.68. The number of rotatable bonds is 4. The van der Waals surface area contributed by atoms with Crippen molar-refractivity contribution in [1.82, 2.24) is 9.55 Å². The number of methoxy groups -OCH3 is 1. The van der Waals surface area contributed by atoms with Gasteiger partial charge in [0.1, 0.15) is 5.82 Å². The Hall–Kier alpha value is -0.770. The molecule has 1 aromatic carbocycles. The molecule has 2 rings (SSSR count). The Morgan fingerprint density at radius 1 is 1.42 bits per heavy atom. The van der Waals surface area contributed by atoms with Crippen molar-refractivity contribution in [1.29, 1.82) is 0 Å². The Kier molecular flexibility index (Phi) is 4.09. The third-order valence-electron chi connectivity index (χ3n) is 3.10. The van der Waals surface area contributed by atoms with Crippen molar-refractivity contribution < 1.29 is 4.74 Å². The van der Waals surface area contributed by atoms with E-state index >= 15 is 0 Å². The third kappa shape index (κ3) is 2.73. The van der Waals surface area contributed by atoms with Crippen LogP contribution in [0.2, 0.25) is 5.02 Å². The highest BCUT2D eigenvalue weighted by Crippen LogP contribution is 2.32. The highest BCUT2D eigenvalue weighted by molar-refractivity contribution is 6.31. The van der Waals surface area contributed by atoms with E-state index in [9.17, 15) is 0 Å². The second-order valence-electron chi connectivity index (χ2n) is 5.30. The van der Waals surface area contributed by atoms with Crippen LogP contribution >= 0.6 is 23.2 Å². The summed E-state index contributed by atoms with van der Waals surface area (Å²) >= 11 is 12.4. The molecule has 5 heteroatoms. The molecule has 0 aliphatic rings. The molecule has 1 aromatic heterocycles. The van der Waals surface area contributed by atoms with Crippen LogP contribution in [0.3, 0.4) is 0 Å². The van der Waals surface area contributed by atoms with Gasteiger partial charge in [-0.1, -0.05) is 11.6 Å². The van der Waals surface area contributed by atoms with E-state index < -0.39 is 0 Å². The highest BCUT2D eigenvalue weighted by atomic mass is 35.5. The molecule has 1 unspecified atom stereocenters. The van der Waals surface area contributed by atoms with E-state index in [-0.39, 0.29) is 10.9 Å². The quantitative estimate of drug-likeness (QED) is 0.784. The SMILES string of the molecule is COCC(C)(C)n1c(C(C)Cl)nc2ccc(Cl)cc21. The zero-order valence-electron chi connectivity index (χ0n) is 11.6. The molecular formula is C14H18Cl2N2O. The van der Waals surface area contributed by atoms with Crippen molar-refractivity contribution >= 4 is 34.2 Å². The van der Waals surface area contributed by atoms with E-state index in [1.807, 2.05) is 25.1 Å². The fourth-order valence-corrected chi connectivity index (χ4v) is 2.70. The van der Waals surface area contributed by atoms with E-state index in [0.717, 1.165) is 16.9 Å². The van der Waals surface area contributed by atoms with Crippen molar-refractivity contribution in [2.75, 3.05) is 13.7 Å². The summed E-state index contributed by atoms with van der Waals surface area (Å²) in [5.74, 6) is 0.834. The fourth-order valence-electron chi connectivity index (χ4n) is 2.39. The number of ether oxygens (including phenoxy) is 1. The van der Waals surface area contributed by atoms with Crippen LogP contribution in [-0.2, 0) is 10.3 Å². The first-order chi connectivity index (χ1) is 8.86. The number of aromatic nitrogens is 2. The molecule has 3 nitrogen and oxygen atoms in total. The summed E-state index contributed by atoms with van der Waals surface area (Å²) in [5.41, 5.74) is 1.64. The van der Waals surface area contributed by atoms with E-state index in [0.29, 0.717) is 11.6 Å². The number of imidazole rings is 1. The molecule has 0 spiro atoms. The Morgan fingerprint density at radius 3 is 2.68 bits per heavy atom.